The predicted molar refractivity (Wildman–Crippen MR) is 91.7 cm³/mol. The maximum Gasteiger partial charge on any atom is 0.404 e. The fraction of sp³-hybridized carbons (Fsp3) is 0.412. The number of halogens is 1. The van der Waals surface area contributed by atoms with Gasteiger partial charge < -0.3 is 10.4 Å². The zero-order valence-electron chi connectivity index (χ0n) is 13.6. The van der Waals surface area contributed by atoms with Crippen LogP contribution in [0.3, 0.4) is 0 Å². The summed E-state index contributed by atoms with van der Waals surface area (Å²) in [6, 6.07) is 9.79. The number of carbonyl (C=O) groups is 1. The van der Waals surface area contributed by atoms with Gasteiger partial charge in [-0.05, 0) is 11.0 Å². The summed E-state index contributed by atoms with van der Waals surface area (Å²) in [5, 5.41) is 15.9. The van der Waals surface area contributed by atoms with Crippen molar-refractivity contribution in [3.63, 3.8) is 0 Å². The second-order valence-corrected chi connectivity index (χ2v) is 6.78. The van der Waals surface area contributed by atoms with E-state index in [4.69, 9.17) is 16.7 Å². The normalized spacial score (nSPS) is 12.9. The second kappa shape index (κ2) is 7.04. The highest BCUT2D eigenvalue weighted by atomic mass is 35.5. The van der Waals surface area contributed by atoms with Crippen LogP contribution in [0.15, 0.2) is 36.5 Å². The van der Waals surface area contributed by atoms with Gasteiger partial charge >= 0.3 is 6.09 Å². The maximum atomic E-state index is 10.9. The van der Waals surface area contributed by atoms with E-state index in [0.29, 0.717) is 5.88 Å². The van der Waals surface area contributed by atoms with E-state index in [1.54, 1.807) is 6.20 Å². The first-order chi connectivity index (χ1) is 10.8. The summed E-state index contributed by atoms with van der Waals surface area (Å²) in [6.07, 6.45) is 0.758. The van der Waals surface area contributed by atoms with Crippen LogP contribution in [0.1, 0.15) is 32.5 Å². The van der Waals surface area contributed by atoms with Crippen LogP contribution in [0.2, 0.25) is 0 Å². The van der Waals surface area contributed by atoms with Gasteiger partial charge in [0.2, 0.25) is 0 Å². The number of rotatable bonds is 5. The molecule has 0 aliphatic carbocycles. The summed E-state index contributed by atoms with van der Waals surface area (Å²) in [5.41, 5.74) is 2.74. The molecule has 0 radical (unpaired) electrons. The molecule has 1 aromatic heterocycles. The van der Waals surface area contributed by atoms with E-state index in [9.17, 15) is 4.79 Å². The highest BCUT2D eigenvalue weighted by Crippen LogP contribution is 2.34. The molecule has 0 saturated heterocycles. The highest BCUT2D eigenvalue weighted by molar-refractivity contribution is 6.17. The molecule has 2 N–H and O–H groups in total. The molecule has 1 aromatic carbocycles. The Morgan fingerprint density at radius 2 is 2.00 bits per heavy atom. The molecule has 1 heterocycles. The summed E-state index contributed by atoms with van der Waals surface area (Å²) >= 11 is 6.19. The smallest absolute Gasteiger partial charge is 0.404 e. The fourth-order valence-electron chi connectivity index (χ4n) is 2.59. The molecule has 2 rings (SSSR count). The number of benzene rings is 1. The van der Waals surface area contributed by atoms with Gasteiger partial charge in [0.15, 0.2) is 0 Å². The lowest BCUT2D eigenvalue weighted by molar-refractivity contribution is 0.178. The Kier molecular flexibility index (Phi) is 5.31. The molecule has 0 aliphatic rings. The molecule has 0 saturated carbocycles. The van der Waals surface area contributed by atoms with Crippen molar-refractivity contribution in [3.8, 4) is 11.1 Å². The van der Waals surface area contributed by atoms with Gasteiger partial charge in [0.25, 0.3) is 0 Å². The number of amides is 1. The van der Waals surface area contributed by atoms with Crippen LogP contribution in [0, 0.1) is 5.41 Å². The van der Waals surface area contributed by atoms with Gasteiger partial charge in [-0.25, -0.2) is 4.79 Å². The van der Waals surface area contributed by atoms with Gasteiger partial charge in [0, 0.05) is 12.1 Å². The average Bonchev–Trinajstić information content (AvgIpc) is 2.90. The highest BCUT2D eigenvalue weighted by Gasteiger charge is 2.30. The molecule has 5 nitrogen and oxygen atoms in total. The van der Waals surface area contributed by atoms with Crippen molar-refractivity contribution in [3.05, 3.63) is 42.2 Å². The number of carboxylic acid groups (broad SMARTS) is 1. The molecule has 23 heavy (non-hydrogen) atoms. The van der Waals surface area contributed by atoms with Gasteiger partial charge in [-0.3, -0.25) is 4.68 Å². The first kappa shape index (κ1) is 17.3. The monoisotopic (exact) mass is 335 g/mol. The van der Waals surface area contributed by atoms with Crippen LogP contribution in [-0.4, -0.2) is 27.5 Å². The van der Waals surface area contributed by atoms with Gasteiger partial charge in [0.05, 0.1) is 23.8 Å². The Labute approximate surface area is 141 Å². The molecule has 1 unspecified atom stereocenters. The minimum Gasteiger partial charge on any atom is -0.465 e. The Balaban J connectivity index is 2.44. The third-order valence-electron chi connectivity index (χ3n) is 3.85. The predicted octanol–water partition coefficient (Wildman–Crippen LogP) is 4.14. The van der Waals surface area contributed by atoms with Crippen LogP contribution in [0.4, 0.5) is 4.79 Å². The zero-order valence-corrected chi connectivity index (χ0v) is 14.3. The van der Waals surface area contributed by atoms with Crippen molar-refractivity contribution in [2.24, 2.45) is 5.41 Å². The van der Waals surface area contributed by atoms with Crippen molar-refractivity contribution >= 4 is 17.7 Å². The Morgan fingerprint density at radius 1 is 1.35 bits per heavy atom. The van der Waals surface area contributed by atoms with E-state index in [-0.39, 0.29) is 18.0 Å². The van der Waals surface area contributed by atoms with Gasteiger partial charge in [-0.1, -0.05) is 51.1 Å². The molecule has 0 aliphatic heterocycles. The second-order valence-electron chi connectivity index (χ2n) is 6.52. The van der Waals surface area contributed by atoms with E-state index in [2.05, 4.69) is 31.2 Å². The van der Waals surface area contributed by atoms with Crippen molar-refractivity contribution in [1.29, 1.82) is 0 Å². The van der Waals surface area contributed by atoms with Crippen molar-refractivity contribution in [1.82, 2.24) is 15.1 Å². The summed E-state index contributed by atoms with van der Waals surface area (Å²) in [4.78, 5) is 10.9. The number of alkyl halides is 1. The van der Waals surface area contributed by atoms with E-state index >= 15 is 0 Å². The van der Waals surface area contributed by atoms with Crippen molar-refractivity contribution in [2.75, 3.05) is 6.54 Å². The summed E-state index contributed by atoms with van der Waals surface area (Å²) in [6.45, 7) is 6.45. The molecule has 0 spiro atoms. The SMILES string of the molecule is CC(C)(C)C(CNC(=O)O)n1ncc(-c2ccccc2)c1CCl. The third kappa shape index (κ3) is 4.05. The number of hydrogen-bond donors (Lipinski definition) is 2. The lowest BCUT2D eigenvalue weighted by Crippen LogP contribution is -2.37. The molecular formula is C17H22ClN3O2. The van der Waals surface area contributed by atoms with Crippen LogP contribution in [0.25, 0.3) is 11.1 Å². The molecule has 0 bridgehead atoms. The molecular weight excluding hydrogens is 314 g/mol. The quantitative estimate of drug-likeness (QED) is 0.807. The number of aromatic nitrogens is 2. The maximum absolute atomic E-state index is 10.9. The van der Waals surface area contributed by atoms with Gasteiger partial charge in [-0.2, -0.15) is 5.10 Å². The average molecular weight is 336 g/mol. The first-order valence-corrected chi connectivity index (χ1v) is 8.02. The van der Waals surface area contributed by atoms with Crippen molar-refractivity contribution < 1.29 is 9.90 Å². The molecule has 1 atom stereocenters. The van der Waals surface area contributed by atoms with Gasteiger partial charge in [0.1, 0.15) is 0 Å². The minimum absolute atomic E-state index is 0.134. The van der Waals surface area contributed by atoms with Crippen LogP contribution in [-0.2, 0) is 5.88 Å². The van der Waals surface area contributed by atoms with E-state index in [0.717, 1.165) is 16.8 Å². The van der Waals surface area contributed by atoms with E-state index in [1.807, 2.05) is 35.0 Å². The van der Waals surface area contributed by atoms with Crippen LogP contribution >= 0.6 is 11.6 Å². The lowest BCUT2D eigenvalue weighted by Gasteiger charge is -2.32. The van der Waals surface area contributed by atoms with E-state index < -0.39 is 6.09 Å². The summed E-state index contributed by atoms with van der Waals surface area (Å²) in [5.74, 6) is 0.309. The summed E-state index contributed by atoms with van der Waals surface area (Å²) in [7, 11) is 0. The van der Waals surface area contributed by atoms with Gasteiger partial charge in [-0.15, -0.1) is 11.6 Å². The Hall–Kier alpha value is -2.01. The Bertz CT molecular complexity index is 662. The first-order valence-electron chi connectivity index (χ1n) is 7.49. The van der Waals surface area contributed by atoms with Crippen LogP contribution < -0.4 is 5.32 Å². The molecule has 6 heteroatoms. The number of nitrogens with zero attached hydrogens (tertiary/aromatic N) is 2. The Morgan fingerprint density at radius 3 is 2.52 bits per heavy atom. The van der Waals surface area contributed by atoms with Crippen molar-refractivity contribution in [2.45, 2.75) is 32.7 Å². The third-order valence-corrected chi connectivity index (χ3v) is 4.10. The fourth-order valence-corrected chi connectivity index (χ4v) is 2.86. The topological polar surface area (TPSA) is 67.2 Å². The largest absolute Gasteiger partial charge is 0.465 e. The minimum atomic E-state index is -1.04. The lowest BCUT2D eigenvalue weighted by atomic mass is 9.86. The van der Waals surface area contributed by atoms with E-state index in [1.165, 1.54) is 0 Å². The molecule has 1 amide bonds. The molecule has 0 fully saturated rings. The zero-order chi connectivity index (χ0) is 17.0. The molecule has 124 valence electrons. The van der Waals surface area contributed by atoms with Crippen LogP contribution in [0.5, 0.6) is 0 Å². The number of hydrogen-bond acceptors (Lipinski definition) is 2. The molecule has 2 aromatic rings. The number of nitrogens with one attached hydrogen (secondary N) is 1. The standard InChI is InChI=1S/C17H22ClN3O2/c1-17(2,3)15(11-19-16(22)23)21-14(9-18)13(10-20-21)12-7-5-4-6-8-12/h4-8,10,15,19H,9,11H2,1-3H3,(H,22,23). The summed E-state index contributed by atoms with van der Waals surface area (Å²) < 4.78 is 1.85.